The minimum Gasteiger partial charge on any atom is -0.462 e. The number of esters is 1. The molecule has 0 rings (SSSR count). The van der Waals surface area contributed by atoms with Gasteiger partial charge < -0.3 is 4.74 Å². The van der Waals surface area contributed by atoms with Crippen LogP contribution in [0, 0.1) is 0 Å². The van der Waals surface area contributed by atoms with Gasteiger partial charge >= 0.3 is 5.97 Å². The van der Waals surface area contributed by atoms with Crippen LogP contribution in [0.3, 0.4) is 0 Å². The van der Waals surface area contributed by atoms with E-state index in [2.05, 4.69) is 6.58 Å². The van der Waals surface area contributed by atoms with E-state index < -0.39 is 5.60 Å². The minimum absolute atomic E-state index is 0.330. The van der Waals surface area contributed by atoms with Crippen molar-refractivity contribution < 1.29 is 19.3 Å². The van der Waals surface area contributed by atoms with Crippen LogP contribution in [0.1, 0.15) is 54.4 Å². The Morgan fingerprint density at radius 3 is 2.11 bits per heavy atom. The van der Waals surface area contributed by atoms with Gasteiger partial charge in [-0.15, -0.1) is 0 Å². The van der Waals surface area contributed by atoms with Crippen molar-refractivity contribution in [2.75, 3.05) is 6.61 Å². The van der Waals surface area contributed by atoms with Crippen LogP contribution in [0.25, 0.3) is 0 Å². The summed E-state index contributed by atoms with van der Waals surface area (Å²) in [4.78, 5) is 21.8. The summed E-state index contributed by atoms with van der Waals surface area (Å²) in [7, 11) is 0. The van der Waals surface area contributed by atoms with Gasteiger partial charge in [0.25, 0.3) is 0 Å². The highest BCUT2D eigenvalue weighted by Gasteiger charge is 2.23. The molecule has 0 aromatic carbocycles. The number of ether oxygens (including phenoxy) is 1. The van der Waals surface area contributed by atoms with E-state index in [9.17, 15) is 4.79 Å². The molecular weight excluding hydrogens is 232 g/mol. The SMILES string of the molecule is C=C(C)C(=O)OCCCC(C)(C)OOC(C)(C)C. The molecule has 4 nitrogen and oxygen atoms in total. The molecule has 0 fully saturated rings. The van der Waals surface area contributed by atoms with Crippen molar-refractivity contribution >= 4 is 5.97 Å². The number of carbonyl (C=O) groups excluding carboxylic acids is 1. The normalized spacial score (nSPS) is 12.3. The van der Waals surface area contributed by atoms with E-state index in [0.29, 0.717) is 12.2 Å². The predicted molar refractivity (Wildman–Crippen MR) is 71.0 cm³/mol. The van der Waals surface area contributed by atoms with Crippen molar-refractivity contribution in [3.63, 3.8) is 0 Å². The topological polar surface area (TPSA) is 44.8 Å². The molecule has 0 amide bonds. The van der Waals surface area contributed by atoms with Gasteiger partial charge in [0, 0.05) is 5.57 Å². The molecule has 0 heterocycles. The summed E-state index contributed by atoms with van der Waals surface area (Å²) >= 11 is 0. The highest BCUT2D eigenvalue weighted by Crippen LogP contribution is 2.20. The van der Waals surface area contributed by atoms with Crippen LogP contribution in [0.2, 0.25) is 0 Å². The maximum Gasteiger partial charge on any atom is 0.333 e. The average Bonchev–Trinajstić information content (AvgIpc) is 2.20. The Hall–Kier alpha value is -0.870. The molecule has 106 valence electrons. The van der Waals surface area contributed by atoms with E-state index in [0.717, 1.165) is 12.8 Å². The zero-order valence-corrected chi connectivity index (χ0v) is 12.5. The van der Waals surface area contributed by atoms with Crippen molar-refractivity contribution in [3.8, 4) is 0 Å². The molecular formula is C14H26O4. The van der Waals surface area contributed by atoms with E-state index in [-0.39, 0.29) is 11.6 Å². The highest BCUT2D eigenvalue weighted by molar-refractivity contribution is 5.86. The van der Waals surface area contributed by atoms with E-state index in [1.54, 1.807) is 6.92 Å². The smallest absolute Gasteiger partial charge is 0.333 e. The second-order valence-corrected chi connectivity index (χ2v) is 6.06. The Balaban J connectivity index is 3.84. The van der Waals surface area contributed by atoms with Crippen LogP contribution in [0.5, 0.6) is 0 Å². The summed E-state index contributed by atoms with van der Waals surface area (Å²) in [5.74, 6) is -0.348. The van der Waals surface area contributed by atoms with E-state index in [1.807, 2.05) is 34.6 Å². The average molecular weight is 258 g/mol. The molecule has 4 heteroatoms. The van der Waals surface area contributed by atoms with Crippen LogP contribution in [-0.2, 0) is 19.3 Å². The molecule has 0 saturated heterocycles. The minimum atomic E-state index is -0.400. The first-order valence-corrected chi connectivity index (χ1v) is 6.23. The van der Waals surface area contributed by atoms with Gasteiger partial charge in [0.1, 0.15) is 0 Å². The maximum atomic E-state index is 11.1. The van der Waals surface area contributed by atoms with E-state index in [4.69, 9.17) is 14.5 Å². The van der Waals surface area contributed by atoms with Crippen LogP contribution in [0.4, 0.5) is 0 Å². The van der Waals surface area contributed by atoms with Gasteiger partial charge in [-0.25, -0.2) is 14.6 Å². The summed E-state index contributed by atoms with van der Waals surface area (Å²) in [6.07, 6.45) is 1.46. The fraction of sp³-hybridized carbons (Fsp3) is 0.786. The lowest BCUT2D eigenvalue weighted by molar-refractivity contribution is -0.398. The van der Waals surface area contributed by atoms with E-state index >= 15 is 0 Å². The lowest BCUT2D eigenvalue weighted by Gasteiger charge is -2.28. The molecule has 0 atom stereocenters. The van der Waals surface area contributed by atoms with Crippen molar-refractivity contribution in [2.24, 2.45) is 0 Å². The third kappa shape index (κ3) is 9.19. The monoisotopic (exact) mass is 258 g/mol. The van der Waals surface area contributed by atoms with Crippen LogP contribution in [0.15, 0.2) is 12.2 Å². The number of hydrogen-bond acceptors (Lipinski definition) is 4. The number of hydrogen-bond donors (Lipinski definition) is 0. The molecule has 0 radical (unpaired) electrons. The van der Waals surface area contributed by atoms with Gasteiger partial charge in [-0.1, -0.05) is 6.58 Å². The zero-order chi connectivity index (χ0) is 14.4. The lowest BCUT2D eigenvalue weighted by Crippen LogP contribution is -2.31. The van der Waals surface area contributed by atoms with E-state index in [1.165, 1.54) is 0 Å². The first-order chi connectivity index (χ1) is 8.03. The first-order valence-electron chi connectivity index (χ1n) is 6.23. The summed E-state index contributed by atoms with van der Waals surface area (Å²) in [5, 5.41) is 0. The summed E-state index contributed by atoms with van der Waals surface area (Å²) in [5.41, 5.74) is -0.311. The second-order valence-electron chi connectivity index (χ2n) is 6.06. The van der Waals surface area contributed by atoms with Crippen molar-refractivity contribution in [2.45, 2.75) is 65.6 Å². The van der Waals surface area contributed by atoms with Gasteiger partial charge in [-0.3, -0.25) is 0 Å². The van der Waals surface area contributed by atoms with Gasteiger partial charge in [-0.05, 0) is 54.4 Å². The zero-order valence-electron chi connectivity index (χ0n) is 12.5. The molecule has 0 saturated carbocycles. The number of carbonyl (C=O) groups is 1. The Kier molecular flexibility index (Phi) is 6.57. The first kappa shape index (κ1) is 17.1. The van der Waals surface area contributed by atoms with Crippen LogP contribution < -0.4 is 0 Å². The van der Waals surface area contributed by atoms with Crippen LogP contribution >= 0.6 is 0 Å². The molecule has 18 heavy (non-hydrogen) atoms. The summed E-state index contributed by atoms with van der Waals surface area (Å²) < 4.78 is 5.01. The Morgan fingerprint density at radius 1 is 1.11 bits per heavy atom. The summed E-state index contributed by atoms with van der Waals surface area (Å²) in [6, 6.07) is 0. The highest BCUT2D eigenvalue weighted by atomic mass is 17.2. The molecule has 0 N–H and O–H groups in total. The molecule has 0 aliphatic heterocycles. The van der Waals surface area contributed by atoms with Crippen molar-refractivity contribution in [1.82, 2.24) is 0 Å². The third-order valence-electron chi connectivity index (χ3n) is 2.02. The Morgan fingerprint density at radius 2 is 1.67 bits per heavy atom. The summed E-state index contributed by atoms with van der Waals surface area (Å²) in [6.45, 7) is 15.2. The Bertz CT molecular complexity index is 287. The maximum absolute atomic E-state index is 11.1. The van der Waals surface area contributed by atoms with Gasteiger partial charge in [0.15, 0.2) is 0 Å². The molecule has 0 aliphatic rings. The molecule has 0 aromatic rings. The quantitative estimate of drug-likeness (QED) is 0.231. The van der Waals surface area contributed by atoms with Crippen molar-refractivity contribution in [3.05, 3.63) is 12.2 Å². The van der Waals surface area contributed by atoms with Crippen molar-refractivity contribution in [1.29, 1.82) is 0 Å². The largest absolute Gasteiger partial charge is 0.462 e. The molecule has 0 spiro atoms. The van der Waals surface area contributed by atoms with Gasteiger partial charge in [0.05, 0.1) is 17.8 Å². The second kappa shape index (κ2) is 6.90. The Labute approximate surface area is 110 Å². The third-order valence-corrected chi connectivity index (χ3v) is 2.02. The number of rotatable bonds is 7. The molecule has 0 aromatic heterocycles. The van der Waals surface area contributed by atoms with Gasteiger partial charge in [0.2, 0.25) is 0 Å². The lowest BCUT2D eigenvalue weighted by atomic mass is 10.0. The fourth-order valence-electron chi connectivity index (χ4n) is 1.07. The molecule has 0 bridgehead atoms. The predicted octanol–water partition coefficient (Wildman–Crippen LogP) is 3.41. The standard InChI is InChI=1S/C14H26O4/c1-11(2)12(15)16-10-8-9-14(6,7)18-17-13(3,4)5/h1,8-10H2,2-7H3. The van der Waals surface area contributed by atoms with Crippen LogP contribution in [-0.4, -0.2) is 23.8 Å². The fourth-order valence-corrected chi connectivity index (χ4v) is 1.07. The van der Waals surface area contributed by atoms with Gasteiger partial charge in [-0.2, -0.15) is 0 Å². The molecule has 0 unspecified atom stereocenters. The molecule has 0 aliphatic carbocycles.